The highest BCUT2D eigenvalue weighted by atomic mass is 32.1. The van der Waals surface area contributed by atoms with Crippen molar-refractivity contribution in [1.29, 1.82) is 0 Å². The molecule has 5 rings (SSSR count). The van der Waals surface area contributed by atoms with Crippen LogP contribution < -0.4 is 5.73 Å². The van der Waals surface area contributed by atoms with E-state index in [9.17, 15) is 4.79 Å². The van der Waals surface area contributed by atoms with Crippen LogP contribution in [0, 0.1) is 0 Å². The van der Waals surface area contributed by atoms with E-state index in [4.69, 9.17) is 10.7 Å². The summed E-state index contributed by atoms with van der Waals surface area (Å²) in [6, 6.07) is 24.5. The van der Waals surface area contributed by atoms with Crippen molar-refractivity contribution < 1.29 is 4.79 Å². The summed E-state index contributed by atoms with van der Waals surface area (Å²) in [5, 5.41) is 0.857. The van der Waals surface area contributed by atoms with Gasteiger partial charge in [-0.25, -0.2) is 4.98 Å². The Balaban J connectivity index is 1.31. The minimum atomic E-state index is 0.0149. The zero-order valence-corrected chi connectivity index (χ0v) is 18.0. The van der Waals surface area contributed by atoms with E-state index in [0.29, 0.717) is 23.7 Å². The summed E-state index contributed by atoms with van der Waals surface area (Å²) >= 11 is 1.40. The lowest BCUT2D eigenvalue weighted by atomic mass is 10.1. The molecule has 0 saturated carbocycles. The fourth-order valence-corrected chi connectivity index (χ4v) is 5.08. The topological polar surface area (TPSA) is 62.5 Å². The Morgan fingerprint density at radius 1 is 0.903 bits per heavy atom. The van der Waals surface area contributed by atoms with Crippen LogP contribution in [0.5, 0.6) is 0 Å². The number of fused-ring (bicyclic) bond motifs is 1. The second-order valence-electron chi connectivity index (χ2n) is 7.81. The maximum Gasteiger partial charge on any atom is 0.266 e. The molecule has 2 aromatic heterocycles. The van der Waals surface area contributed by atoms with Gasteiger partial charge >= 0.3 is 0 Å². The van der Waals surface area contributed by atoms with Gasteiger partial charge in [0.2, 0.25) is 0 Å². The summed E-state index contributed by atoms with van der Waals surface area (Å²) < 4.78 is 0. The molecule has 0 atom stereocenters. The number of thiophene rings is 1. The molecule has 1 fully saturated rings. The van der Waals surface area contributed by atoms with Crippen LogP contribution in [-0.2, 0) is 6.54 Å². The minimum Gasteiger partial charge on any atom is -0.397 e. The lowest BCUT2D eigenvalue weighted by molar-refractivity contribution is 0.0634. The first kappa shape index (κ1) is 19.7. The third kappa shape index (κ3) is 4.04. The Morgan fingerprint density at radius 2 is 1.58 bits per heavy atom. The molecule has 0 aliphatic carbocycles. The van der Waals surface area contributed by atoms with Crippen molar-refractivity contribution >= 4 is 33.1 Å². The van der Waals surface area contributed by atoms with Gasteiger partial charge in [-0.05, 0) is 17.7 Å². The van der Waals surface area contributed by atoms with Crippen molar-refractivity contribution in [3.8, 4) is 11.3 Å². The van der Waals surface area contributed by atoms with Crippen molar-refractivity contribution in [1.82, 2.24) is 14.8 Å². The van der Waals surface area contributed by atoms with Crippen LogP contribution in [0.2, 0.25) is 0 Å². The second kappa shape index (κ2) is 8.49. The van der Waals surface area contributed by atoms with Crippen molar-refractivity contribution in [2.24, 2.45) is 0 Å². The number of nitrogens with two attached hydrogens (primary N) is 1. The normalized spacial score (nSPS) is 14.8. The molecule has 2 N–H and O–H groups in total. The van der Waals surface area contributed by atoms with Crippen LogP contribution in [0.1, 0.15) is 15.2 Å². The minimum absolute atomic E-state index is 0.0149. The van der Waals surface area contributed by atoms with Gasteiger partial charge in [-0.3, -0.25) is 9.69 Å². The quantitative estimate of drug-likeness (QED) is 0.520. The van der Waals surface area contributed by atoms with Gasteiger partial charge in [0.05, 0.1) is 11.4 Å². The van der Waals surface area contributed by atoms with Crippen molar-refractivity contribution in [2.75, 3.05) is 31.9 Å². The highest BCUT2D eigenvalue weighted by Gasteiger charge is 2.26. The molecule has 6 heteroatoms. The van der Waals surface area contributed by atoms with Gasteiger partial charge in [-0.15, -0.1) is 11.3 Å². The average molecular weight is 429 g/mol. The number of nitrogens with zero attached hydrogens (tertiary/aromatic N) is 3. The van der Waals surface area contributed by atoms with Gasteiger partial charge in [0.25, 0.3) is 5.91 Å². The van der Waals surface area contributed by atoms with E-state index in [-0.39, 0.29) is 5.91 Å². The van der Waals surface area contributed by atoms with E-state index in [1.165, 1.54) is 16.9 Å². The standard InChI is InChI=1S/C25H24N4OS/c26-22-20-11-12-21(19-9-5-2-6-10-19)27-24(20)31-23(22)25(30)29-15-13-28(14-16-29)17-18-7-3-1-4-8-18/h1-12H,13-17,26H2. The van der Waals surface area contributed by atoms with Gasteiger partial charge in [-0.1, -0.05) is 60.7 Å². The van der Waals surface area contributed by atoms with Gasteiger partial charge in [0.15, 0.2) is 0 Å². The molecule has 2 aromatic carbocycles. The van der Waals surface area contributed by atoms with Gasteiger partial charge < -0.3 is 10.6 Å². The van der Waals surface area contributed by atoms with Crippen LogP contribution in [0.25, 0.3) is 21.5 Å². The molecule has 0 bridgehead atoms. The molecule has 0 unspecified atom stereocenters. The molecule has 0 radical (unpaired) electrons. The SMILES string of the molecule is Nc1c(C(=O)N2CCN(Cc3ccccc3)CC2)sc2nc(-c3ccccc3)ccc12. The Morgan fingerprint density at radius 3 is 2.29 bits per heavy atom. The molecule has 1 saturated heterocycles. The maximum absolute atomic E-state index is 13.2. The number of pyridine rings is 1. The Bertz CT molecular complexity index is 1200. The number of hydrogen-bond donors (Lipinski definition) is 1. The molecule has 1 aliphatic rings. The highest BCUT2D eigenvalue weighted by molar-refractivity contribution is 7.21. The van der Waals surface area contributed by atoms with E-state index in [2.05, 4.69) is 29.2 Å². The molecule has 3 heterocycles. The van der Waals surface area contributed by atoms with E-state index in [1.807, 2.05) is 53.4 Å². The molecular formula is C25H24N4OS. The molecule has 1 amide bonds. The number of anilines is 1. The van der Waals surface area contributed by atoms with E-state index < -0.39 is 0 Å². The van der Waals surface area contributed by atoms with Crippen molar-refractivity contribution in [3.05, 3.63) is 83.2 Å². The number of hydrogen-bond acceptors (Lipinski definition) is 5. The highest BCUT2D eigenvalue weighted by Crippen LogP contribution is 2.35. The van der Waals surface area contributed by atoms with Crippen molar-refractivity contribution in [2.45, 2.75) is 6.54 Å². The van der Waals surface area contributed by atoms with E-state index in [0.717, 1.165) is 41.1 Å². The fraction of sp³-hybridized carbons (Fsp3) is 0.200. The largest absolute Gasteiger partial charge is 0.397 e. The molecular weight excluding hydrogens is 404 g/mol. The average Bonchev–Trinajstić information content (AvgIpc) is 3.16. The Labute approximate surface area is 185 Å². The number of carbonyl (C=O) groups excluding carboxylic acids is 1. The third-order valence-corrected chi connectivity index (χ3v) is 6.87. The molecule has 0 spiro atoms. The summed E-state index contributed by atoms with van der Waals surface area (Å²) in [6.07, 6.45) is 0. The number of nitrogen functional groups attached to an aromatic ring is 1. The van der Waals surface area contributed by atoms with Crippen molar-refractivity contribution in [3.63, 3.8) is 0 Å². The summed E-state index contributed by atoms with van der Waals surface area (Å²) in [5.74, 6) is 0.0149. The predicted molar refractivity (Wildman–Crippen MR) is 127 cm³/mol. The van der Waals surface area contributed by atoms with Gasteiger partial charge in [0.1, 0.15) is 9.71 Å². The third-order valence-electron chi connectivity index (χ3n) is 5.77. The molecule has 5 nitrogen and oxygen atoms in total. The smallest absolute Gasteiger partial charge is 0.266 e. The molecule has 1 aliphatic heterocycles. The van der Waals surface area contributed by atoms with E-state index >= 15 is 0 Å². The first-order chi connectivity index (χ1) is 15.2. The van der Waals surface area contributed by atoms with E-state index in [1.54, 1.807) is 0 Å². The number of benzene rings is 2. The molecule has 4 aromatic rings. The monoisotopic (exact) mass is 428 g/mol. The zero-order chi connectivity index (χ0) is 21.2. The fourth-order valence-electron chi connectivity index (χ4n) is 4.02. The number of rotatable bonds is 4. The van der Waals surface area contributed by atoms with Crippen LogP contribution in [-0.4, -0.2) is 46.9 Å². The maximum atomic E-state index is 13.2. The van der Waals surface area contributed by atoms with Crippen LogP contribution in [0.4, 0.5) is 5.69 Å². The molecule has 156 valence electrons. The number of aromatic nitrogens is 1. The van der Waals surface area contributed by atoms with Gasteiger partial charge in [0, 0.05) is 43.7 Å². The Kier molecular flexibility index (Phi) is 5.40. The van der Waals surface area contributed by atoms with Gasteiger partial charge in [-0.2, -0.15) is 0 Å². The predicted octanol–water partition coefficient (Wildman–Crippen LogP) is 4.50. The zero-order valence-electron chi connectivity index (χ0n) is 17.2. The van der Waals surface area contributed by atoms with Crippen LogP contribution in [0.15, 0.2) is 72.8 Å². The van der Waals surface area contributed by atoms with Crippen LogP contribution >= 0.6 is 11.3 Å². The summed E-state index contributed by atoms with van der Waals surface area (Å²) in [5.41, 5.74) is 10.2. The lowest BCUT2D eigenvalue weighted by Gasteiger charge is -2.34. The second-order valence-corrected chi connectivity index (χ2v) is 8.81. The van der Waals surface area contributed by atoms with Crippen LogP contribution in [0.3, 0.4) is 0 Å². The summed E-state index contributed by atoms with van der Waals surface area (Å²) in [4.78, 5) is 23.7. The number of piperazine rings is 1. The lowest BCUT2D eigenvalue weighted by Crippen LogP contribution is -2.48. The first-order valence-corrected chi connectivity index (χ1v) is 11.3. The first-order valence-electron chi connectivity index (χ1n) is 10.5. The number of carbonyl (C=O) groups is 1. The summed E-state index contributed by atoms with van der Waals surface area (Å²) in [7, 11) is 0. The Hall–Kier alpha value is -3.22. The molecule has 31 heavy (non-hydrogen) atoms. The summed E-state index contributed by atoms with van der Waals surface area (Å²) in [6.45, 7) is 4.06. The number of amides is 1.